The lowest BCUT2D eigenvalue weighted by atomic mass is 10.1. The molecule has 0 spiro atoms. The molecule has 1 aromatic rings. The predicted octanol–water partition coefficient (Wildman–Crippen LogP) is 1.95. The number of carbonyl (C=O) groups is 1. The number of hydrogen-bond donors (Lipinski definition) is 1. The second-order valence-electron chi connectivity index (χ2n) is 3.82. The van der Waals surface area contributed by atoms with Crippen LogP contribution in [0.2, 0.25) is 0 Å². The molecule has 1 aromatic carbocycles. The Morgan fingerprint density at radius 3 is 2.56 bits per heavy atom. The number of aliphatic carboxylic acids is 1. The summed E-state index contributed by atoms with van der Waals surface area (Å²) < 4.78 is 15.9. The van der Waals surface area contributed by atoms with Crippen LogP contribution in [0.4, 0.5) is 0 Å². The maximum absolute atomic E-state index is 11.0. The Kier molecular flexibility index (Phi) is 3.41. The lowest BCUT2D eigenvalue weighted by Crippen LogP contribution is -2.03. The molecular weight excluding hydrogens is 236 g/mol. The second-order valence-corrected chi connectivity index (χ2v) is 3.82. The van der Waals surface area contributed by atoms with Gasteiger partial charge in [-0.3, -0.25) is 0 Å². The van der Waals surface area contributed by atoms with Crippen molar-refractivity contribution >= 4 is 12.0 Å². The molecule has 0 bridgehead atoms. The molecule has 0 radical (unpaired) electrons. The monoisotopic (exact) mass is 250 g/mol. The average molecular weight is 250 g/mol. The zero-order valence-corrected chi connectivity index (χ0v) is 10.2. The Labute approximate surface area is 105 Å². The highest BCUT2D eigenvalue weighted by atomic mass is 16.5. The first-order valence-electron chi connectivity index (χ1n) is 5.48. The molecule has 0 saturated carbocycles. The van der Waals surface area contributed by atoms with E-state index in [9.17, 15) is 4.79 Å². The van der Waals surface area contributed by atoms with E-state index in [1.165, 1.54) is 7.11 Å². The summed E-state index contributed by atoms with van der Waals surface area (Å²) in [5.74, 6) is 0.774. The van der Waals surface area contributed by atoms with Gasteiger partial charge in [0.1, 0.15) is 5.75 Å². The minimum atomic E-state index is -0.929. The van der Waals surface area contributed by atoms with Crippen LogP contribution in [0.5, 0.6) is 17.2 Å². The summed E-state index contributed by atoms with van der Waals surface area (Å²) in [7, 11) is 3.07. The smallest absolute Gasteiger partial charge is 0.331 e. The van der Waals surface area contributed by atoms with Gasteiger partial charge in [0.2, 0.25) is 0 Å². The SMILES string of the molecule is COc1cc2c(cc1OC)OCCC(C(=O)O)=C2. The van der Waals surface area contributed by atoms with Gasteiger partial charge in [0.25, 0.3) is 0 Å². The third kappa shape index (κ3) is 2.25. The van der Waals surface area contributed by atoms with Crippen molar-refractivity contribution < 1.29 is 24.1 Å². The van der Waals surface area contributed by atoms with E-state index in [1.54, 1.807) is 25.3 Å². The van der Waals surface area contributed by atoms with Crippen LogP contribution in [-0.4, -0.2) is 31.9 Å². The molecule has 0 atom stereocenters. The van der Waals surface area contributed by atoms with Gasteiger partial charge < -0.3 is 19.3 Å². The lowest BCUT2D eigenvalue weighted by Gasteiger charge is -2.12. The molecule has 1 aliphatic heterocycles. The largest absolute Gasteiger partial charge is 0.493 e. The Bertz CT molecular complexity index is 504. The Morgan fingerprint density at radius 2 is 1.94 bits per heavy atom. The molecule has 0 unspecified atom stereocenters. The maximum Gasteiger partial charge on any atom is 0.331 e. The average Bonchev–Trinajstić information content (AvgIpc) is 2.58. The van der Waals surface area contributed by atoms with Crippen molar-refractivity contribution in [3.05, 3.63) is 23.3 Å². The summed E-state index contributed by atoms with van der Waals surface area (Å²) in [4.78, 5) is 11.0. The molecule has 96 valence electrons. The molecule has 2 rings (SSSR count). The van der Waals surface area contributed by atoms with Gasteiger partial charge >= 0.3 is 5.97 Å². The fraction of sp³-hybridized carbons (Fsp3) is 0.308. The number of benzene rings is 1. The molecule has 0 saturated heterocycles. The van der Waals surface area contributed by atoms with Crippen LogP contribution in [-0.2, 0) is 4.79 Å². The van der Waals surface area contributed by atoms with E-state index in [-0.39, 0.29) is 0 Å². The normalized spacial score (nSPS) is 13.8. The van der Waals surface area contributed by atoms with Crippen LogP contribution in [0.1, 0.15) is 12.0 Å². The Hall–Kier alpha value is -2.17. The zero-order chi connectivity index (χ0) is 13.1. The Morgan fingerprint density at radius 1 is 1.28 bits per heavy atom. The van der Waals surface area contributed by atoms with E-state index >= 15 is 0 Å². The highest BCUT2D eigenvalue weighted by molar-refractivity contribution is 5.93. The Balaban J connectivity index is 2.52. The highest BCUT2D eigenvalue weighted by Crippen LogP contribution is 2.37. The molecule has 1 N–H and O–H groups in total. The summed E-state index contributed by atoms with van der Waals surface area (Å²) in [6, 6.07) is 3.41. The number of rotatable bonds is 3. The van der Waals surface area contributed by atoms with Crippen LogP contribution >= 0.6 is 0 Å². The minimum Gasteiger partial charge on any atom is -0.493 e. The third-order valence-corrected chi connectivity index (χ3v) is 2.75. The van der Waals surface area contributed by atoms with Gasteiger partial charge in [-0.2, -0.15) is 0 Å². The summed E-state index contributed by atoms with van der Waals surface area (Å²) >= 11 is 0. The van der Waals surface area contributed by atoms with E-state index in [0.717, 1.165) is 0 Å². The molecule has 0 aliphatic carbocycles. The van der Waals surface area contributed by atoms with Crippen molar-refractivity contribution in [2.75, 3.05) is 20.8 Å². The van der Waals surface area contributed by atoms with E-state index in [2.05, 4.69) is 0 Å². The van der Waals surface area contributed by atoms with Gasteiger partial charge in [-0.1, -0.05) is 0 Å². The van der Waals surface area contributed by atoms with E-state index in [1.807, 2.05) is 0 Å². The molecule has 5 heteroatoms. The summed E-state index contributed by atoms with van der Waals surface area (Å²) in [5.41, 5.74) is 1.00. The number of hydrogen-bond acceptors (Lipinski definition) is 4. The molecule has 5 nitrogen and oxygen atoms in total. The van der Waals surface area contributed by atoms with Crippen LogP contribution < -0.4 is 14.2 Å². The lowest BCUT2D eigenvalue weighted by molar-refractivity contribution is -0.132. The van der Waals surface area contributed by atoms with Crippen molar-refractivity contribution in [2.24, 2.45) is 0 Å². The fourth-order valence-corrected chi connectivity index (χ4v) is 1.81. The van der Waals surface area contributed by atoms with Crippen molar-refractivity contribution in [2.45, 2.75) is 6.42 Å². The summed E-state index contributed by atoms with van der Waals surface area (Å²) in [6.45, 7) is 0.334. The van der Waals surface area contributed by atoms with Gasteiger partial charge in [0.15, 0.2) is 11.5 Å². The minimum absolute atomic E-state index is 0.320. The fourth-order valence-electron chi connectivity index (χ4n) is 1.81. The van der Waals surface area contributed by atoms with Crippen molar-refractivity contribution in [3.8, 4) is 17.2 Å². The number of methoxy groups -OCH3 is 2. The van der Waals surface area contributed by atoms with Gasteiger partial charge in [-0.25, -0.2) is 4.79 Å². The third-order valence-electron chi connectivity index (χ3n) is 2.75. The first-order valence-corrected chi connectivity index (χ1v) is 5.48. The number of ether oxygens (including phenoxy) is 3. The number of fused-ring (bicyclic) bond motifs is 1. The molecule has 0 fully saturated rings. The van der Waals surface area contributed by atoms with Crippen molar-refractivity contribution in [3.63, 3.8) is 0 Å². The molecule has 1 aliphatic rings. The molecular formula is C13H14O5. The molecule has 1 heterocycles. The van der Waals surface area contributed by atoms with Crippen LogP contribution in [0.15, 0.2) is 17.7 Å². The number of carboxylic acids is 1. The summed E-state index contributed by atoms with van der Waals surface area (Å²) in [6.07, 6.45) is 1.97. The van der Waals surface area contributed by atoms with E-state index < -0.39 is 5.97 Å². The van der Waals surface area contributed by atoms with Gasteiger partial charge in [-0.15, -0.1) is 0 Å². The topological polar surface area (TPSA) is 65.0 Å². The molecule has 0 aromatic heterocycles. The van der Waals surface area contributed by atoms with Gasteiger partial charge in [0, 0.05) is 23.6 Å². The van der Waals surface area contributed by atoms with Crippen LogP contribution in [0, 0.1) is 0 Å². The van der Waals surface area contributed by atoms with E-state index in [4.69, 9.17) is 19.3 Å². The van der Waals surface area contributed by atoms with E-state index in [0.29, 0.717) is 41.4 Å². The standard InChI is InChI=1S/C13H14O5/c1-16-11-6-9-5-8(13(14)15)3-4-18-10(9)7-12(11)17-2/h5-7H,3-4H2,1-2H3,(H,14,15). The molecule has 18 heavy (non-hydrogen) atoms. The first kappa shape index (κ1) is 12.3. The van der Waals surface area contributed by atoms with Crippen LogP contribution in [0.25, 0.3) is 6.08 Å². The van der Waals surface area contributed by atoms with Crippen molar-refractivity contribution in [1.29, 1.82) is 0 Å². The van der Waals surface area contributed by atoms with Crippen molar-refractivity contribution in [1.82, 2.24) is 0 Å². The summed E-state index contributed by atoms with van der Waals surface area (Å²) in [5, 5.41) is 9.04. The maximum atomic E-state index is 11.0. The number of carboxylic acid groups (broad SMARTS) is 1. The zero-order valence-electron chi connectivity index (χ0n) is 10.2. The second kappa shape index (κ2) is 5.00. The van der Waals surface area contributed by atoms with Crippen LogP contribution in [0.3, 0.4) is 0 Å². The molecule has 0 amide bonds. The quantitative estimate of drug-likeness (QED) is 0.888. The van der Waals surface area contributed by atoms with Gasteiger partial charge in [-0.05, 0) is 12.1 Å². The predicted molar refractivity (Wildman–Crippen MR) is 65.3 cm³/mol. The first-order chi connectivity index (χ1) is 8.65. The highest BCUT2D eigenvalue weighted by Gasteiger charge is 2.17. The van der Waals surface area contributed by atoms with Gasteiger partial charge in [0.05, 0.1) is 20.8 Å².